The molecule has 4 nitrogen and oxygen atoms in total. The molecule has 0 aliphatic heterocycles. The third-order valence-electron chi connectivity index (χ3n) is 3.08. The van der Waals surface area contributed by atoms with E-state index in [4.69, 9.17) is 11.5 Å². The second-order valence-electron chi connectivity index (χ2n) is 4.58. The molecule has 1 atom stereocenters. The van der Waals surface area contributed by atoms with E-state index in [0.29, 0.717) is 23.8 Å². The zero-order valence-electron chi connectivity index (χ0n) is 11.9. The van der Waals surface area contributed by atoms with Crippen LogP contribution in [0.5, 0.6) is 0 Å². The quantitative estimate of drug-likeness (QED) is 0.685. The van der Waals surface area contributed by atoms with Gasteiger partial charge >= 0.3 is 0 Å². The van der Waals surface area contributed by atoms with Crippen LogP contribution in [0.1, 0.15) is 38.8 Å². The first kappa shape index (κ1) is 15.3. The molecule has 0 aliphatic rings. The van der Waals surface area contributed by atoms with Gasteiger partial charge in [0.25, 0.3) is 0 Å². The Labute approximate surface area is 116 Å². The van der Waals surface area contributed by atoms with Gasteiger partial charge < -0.3 is 16.8 Å². The van der Waals surface area contributed by atoms with Crippen molar-refractivity contribution in [3.05, 3.63) is 17.8 Å². The van der Waals surface area contributed by atoms with Gasteiger partial charge in [0.1, 0.15) is 5.69 Å². The predicted molar refractivity (Wildman–Crippen MR) is 81.8 cm³/mol. The minimum atomic E-state index is 0.337. The van der Waals surface area contributed by atoms with E-state index < -0.39 is 0 Å². The third-order valence-corrected chi connectivity index (χ3v) is 3.08. The van der Waals surface area contributed by atoms with E-state index in [2.05, 4.69) is 36.0 Å². The lowest BCUT2D eigenvalue weighted by molar-refractivity contribution is 0.487. The highest BCUT2D eigenvalue weighted by Crippen LogP contribution is 2.18. The molecule has 5 N–H and O–H groups in total. The summed E-state index contributed by atoms with van der Waals surface area (Å²) in [5.41, 5.74) is 12.6. The monoisotopic (exact) mass is 260 g/mol. The molecule has 1 heterocycles. The molecule has 4 heteroatoms. The maximum Gasteiger partial charge on any atom is 0.150 e. The maximum atomic E-state index is 5.92. The molecule has 1 aromatic heterocycles. The van der Waals surface area contributed by atoms with Crippen molar-refractivity contribution in [1.82, 2.24) is 4.98 Å². The largest absolute Gasteiger partial charge is 0.396 e. The first-order valence-corrected chi connectivity index (χ1v) is 6.90. The highest BCUT2D eigenvalue weighted by molar-refractivity contribution is 5.62. The summed E-state index contributed by atoms with van der Waals surface area (Å²) in [6, 6.07) is 3.64. The van der Waals surface area contributed by atoms with Gasteiger partial charge in [-0.3, -0.25) is 0 Å². The van der Waals surface area contributed by atoms with Crippen molar-refractivity contribution in [2.75, 3.05) is 24.1 Å². The number of aromatic nitrogens is 1. The summed E-state index contributed by atoms with van der Waals surface area (Å²) in [6.07, 6.45) is 3.58. The summed E-state index contributed by atoms with van der Waals surface area (Å²) in [5.74, 6) is 7.09. The lowest BCUT2D eigenvalue weighted by Gasteiger charge is -2.16. The van der Waals surface area contributed by atoms with Crippen LogP contribution in [0.4, 0.5) is 11.5 Å². The zero-order chi connectivity index (χ0) is 14.1. The Hall–Kier alpha value is -1.73. The van der Waals surface area contributed by atoms with E-state index in [1.165, 1.54) is 12.8 Å². The SMILES string of the molecule is CCCC(CC)CNc1nc(C#CCN)ccc1N. The van der Waals surface area contributed by atoms with Crippen molar-refractivity contribution in [2.24, 2.45) is 11.7 Å². The second kappa shape index (κ2) is 8.39. The van der Waals surface area contributed by atoms with Crippen molar-refractivity contribution in [1.29, 1.82) is 0 Å². The maximum absolute atomic E-state index is 5.92. The Balaban J connectivity index is 2.71. The summed E-state index contributed by atoms with van der Waals surface area (Å²) in [6.45, 7) is 5.65. The van der Waals surface area contributed by atoms with Gasteiger partial charge in [0.2, 0.25) is 0 Å². The molecule has 0 amide bonds. The van der Waals surface area contributed by atoms with Crippen molar-refractivity contribution < 1.29 is 0 Å². The minimum Gasteiger partial charge on any atom is -0.396 e. The Kier molecular flexibility index (Phi) is 6.76. The summed E-state index contributed by atoms with van der Waals surface area (Å²) < 4.78 is 0. The number of nitrogens with zero attached hydrogens (tertiary/aromatic N) is 1. The molecule has 0 aromatic carbocycles. The number of rotatable bonds is 6. The smallest absolute Gasteiger partial charge is 0.150 e. The van der Waals surface area contributed by atoms with Crippen LogP contribution < -0.4 is 16.8 Å². The molecule has 1 aromatic rings. The number of anilines is 2. The Morgan fingerprint density at radius 2 is 2.16 bits per heavy atom. The van der Waals surface area contributed by atoms with Crippen LogP contribution in [0.25, 0.3) is 0 Å². The van der Waals surface area contributed by atoms with Gasteiger partial charge in [-0.05, 0) is 30.4 Å². The molecule has 0 spiro atoms. The van der Waals surface area contributed by atoms with Gasteiger partial charge in [0, 0.05) is 6.54 Å². The predicted octanol–water partition coefficient (Wildman–Crippen LogP) is 2.21. The van der Waals surface area contributed by atoms with Crippen LogP contribution >= 0.6 is 0 Å². The fourth-order valence-corrected chi connectivity index (χ4v) is 1.92. The Morgan fingerprint density at radius 3 is 2.79 bits per heavy atom. The van der Waals surface area contributed by atoms with E-state index in [9.17, 15) is 0 Å². The van der Waals surface area contributed by atoms with Crippen LogP contribution in [0.2, 0.25) is 0 Å². The molecular formula is C15H24N4. The zero-order valence-corrected chi connectivity index (χ0v) is 11.9. The summed E-state index contributed by atoms with van der Waals surface area (Å²) in [7, 11) is 0. The molecule has 0 saturated heterocycles. The highest BCUT2D eigenvalue weighted by Gasteiger charge is 2.07. The van der Waals surface area contributed by atoms with E-state index in [-0.39, 0.29) is 0 Å². The number of pyridine rings is 1. The van der Waals surface area contributed by atoms with E-state index in [1.807, 2.05) is 12.1 Å². The van der Waals surface area contributed by atoms with Crippen LogP contribution in [0.15, 0.2) is 12.1 Å². The Bertz CT molecular complexity index is 445. The minimum absolute atomic E-state index is 0.337. The summed E-state index contributed by atoms with van der Waals surface area (Å²) >= 11 is 0. The lowest BCUT2D eigenvalue weighted by atomic mass is 10.0. The van der Waals surface area contributed by atoms with Gasteiger partial charge in [-0.25, -0.2) is 4.98 Å². The molecule has 19 heavy (non-hydrogen) atoms. The van der Waals surface area contributed by atoms with E-state index >= 15 is 0 Å². The van der Waals surface area contributed by atoms with Gasteiger partial charge in [0.15, 0.2) is 5.82 Å². The number of hydrogen-bond donors (Lipinski definition) is 3. The van der Waals surface area contributed by atoms with Crippen molar-refractivity contribution in [2.45, 2.75) is 33.1 Å². The standard InChI is InChI=1S/C15H24N4/c1-3-6-12(4-2)11-18-15-14(17)9-8-13(19-15)7-5-10-16/h8-9,12H,3-4,6,10-11,16-17H2,1-2H3,(H,18,19). The van der Waals surface area contributed by atoms with Crippen LogP contribution in [-0.4, -0.2) is 18.1 Å². The molecule has 0 aliphatic carbocycles. The average molecular weight is 260 g/mol. The van der Waals surface area contributed by atoms with Crippen LogP contribution in [-0.2, 0) is 0 Å². The van der Waals surface area contributed by atoms with Gasteiger partial charge in [0.05, 0.1) is 12.2 Å². The number of nitrogens with two attached hydrogens (primary N) is 2. The first-order valence-electron chi connectivity index (χ1n) is 6.90. The van der Waals surface area contributed by atoms with Gasteiger partial charge in [-0.2, -0.15) is 0 Å². The van der Waals surface area contributed by atoms with Crippen molar-refractivity contribution in [3.63, 3.8) is 0 Å². The van der Waals surface area contributed by atoms with Crippen LogP contribution in [0, 0.1) is 17.8 Å². The molecule has 1 rings (SSSR count). The lowest BCUT2D eigenvalue weighted by Crippen LogP contribution is -2.15. The fraction of sp³-hybridized carbons (Fsp3) is 0.533. The molecule has 0 radical (unpaired) electrons. The third kappa shape index (κ3) is 5.19. The average Bonchev–Trinajstić information content (AvgIpc) is 2.43. The summed E-state index contributed by atoms with van der Waals surface area (Å²) in [4.78, 5) is 4.41. The Morgan fingerprint density at radius 1 is 1.37 bits per heavy atom. The molecule has 0 fully saturated rings. The summed E-state index contributed by atoms with van der Waals surface area (Å²) in [5, 5.41) is 3.33. The first-order chi connectivity index (χ1) is 9.21. The fourth-order valence-electron chi connectivity index (χ4n) is 1.92. The van der Waals surface area contributed by atoms with Crippen molar-refractivity contribution in [3.8, 4) is 11.8 Å². The molecule has 0 saturated carbocycles. The number of nitrogens with one attached hydrogen (secondary N) is 1. The van der Waals surface area contributed by atoms with E-state index in [0.717, 1.165) is 18.8 Å². The van der Waals surface area contributed by atoms with Gasteiger partial charge in [-0.1, -0.05) is 32.6 Å². The molecule has 0 bridgehead atoms. The van der Waals surface area contributed by atoms with E-state index in [1.54, 1.807) is 0 Å². The number of hydrogen-bond acceptors (Lipinski definition) is 4. The number of nitrogen functional groups attached to an aromatic ring is 1. The molecule has 1 unspecified atom stereocenters. The van der Waals surface area contributed by atoms with Crippen LogP contribution in [0.3, 0.4) is 0 Å². The van der Waals surface area contributed by atoms with Gasteiger partial charge in [-0.15, -0.1) is 0 Å². The molecular weight excluding hydrogens is 236 g/mol. The normalized spacial score (nSPS) is 11.5. The second-order valence-corrected chi connectivity index (χ2v) is 4.58. The topological polar surface area (TPSA) is 77.0 Å². The molecule has 104 valence electrons. The van der Waals surface area contributed by atoms with Crippen molar-refractivity contribution >= 4 is 11.5 Å². The highest BCUT2D eigenvalue weighted by atomic mass is 15.0.